The Morgan fingerprint density at radius 1 is 1.03 bits per heavy atom. The molecule has 32 heavy (non-hydrogen) atoms. The van der Waals surface area contributed by atoms with E-state index < -0.39 is 6.04 Å². The monoisotopic (exact) mass is 473 g/mol. The van der Waals surface area contributed by atoms with Gasteiger partial charge in [-0.1, -0.05) is 50.0 Å². The maximum absolute atomic E-state index is 13.4. The Morgan fingerprint density at radius 2 is 1.72 bits per heavy atom. The molecule has 8 heteroatoms. The summed E-state index contributed by atoms with van der Waals surface area (Å²) in [7, 11) is 0. The Morgan fingerprint density at radius 3 is 2.38 bits per heavy atom. The van der Waals surface area contributed by atoms with Crippen LogP contribution in [0.4, 0.5) is 5.69 Å². The molecule has 0 aliphatic carbocycles. The Hall–Kier alpha value is -2.57. The van der Waals surface area contributed by atoms with Gasteiger partial charge >= 0.3 is 0 Å². The number of nitrogens with zero attached hydrogens (tertiary/aromatic N) is 2. The van der Waals surface area contributed by atoms with Crippen molar-refractivity contribution in [3.63, 3.8) is 0 Å². The lowest BCUT2D eigenvalue weighted by Gasteiger charge is -2.40. The number of halogens is 2. The molecule has 2 aliphatic rings. The van der Waals surface area contributed by atoms with Crippen molar-refractivity contribution in [2.75, 3.05) is 25.0 Å². The van der Waals surface area contributed by atoms with E-state index in [-0.39, 0.29) is 29.7 Å². The normalized spacial score (nSPS) is 18.6. The highest BCUT2D eigenvalue weighted by atomic mass is 35.5. The molecular formula is C24H25Cl2N3O3. The van der Waals surface area contributed by atoms with Crippen molar-refractivity contribution >= 4 is 46.6 Å². The maximum atomic E-state index is 13.4. The molecule has 2 aliphatic heterocycles. The van der Waals surface area contributed by atoms with Gasteiger partial charge in [-0.3, -0.25) is 14.4 Å². The van der Waals surface area contributed by atoms with E-state index in [1.54, 1.807) is 40.1 Å². The fourth-order valence-corrected chi connectivity index (χ4v) is 4.67. The van der Waals surface area contributed by atoms with Gasteiger partial charge in [0.15, 0.2) is 0 Å². The molecule has 2 aromatic carbocycles. The first kappa shape index (κ1) is 22.6. The van der Waals surface area contributed by atoms with E-state index in [1.807, 2.05) is 26.8 Å². The summed E-state index contributed by atoms with van der Waals surface area (Å²) >= 11 is 12.3. The summed E-state index contributed by atoms with van der Waals surface area (Å²) in [4.78, 5) is 42.4. The Balaban J connectivity index is 1.62. The third-order valence-electron chi connectivity index (χ3n) is 5.68. The Bertz CT molecular complexity index is 1090. The molecule has 2 heterocycles. The zero-order valence-electron chi connectivity index (χ0n) is 18.2. The first-order valence-corrected chi connectivity index (χ1v) is 11.3. The van der Waals surface area contributed by atoms with Crippen molar-refractivity contribution in [3.05, 3.63) is 52.0 Å². The third-order valence-corrected chi connectivity index (χ3v) is 6.12. The van der Waals surface area contributed by atoms with E-state index in [1.165, 1.54) is 0 Å². The molecule has 1 atom stereocenters. The van der Waals surface area contributed by atoms with E-state index in [0.717, 1.165) is 11.1 Å². The molecule has 1 fully saturated rings. The molecule has 0 saturated carbocycles. The summed E-state index contributed by atoms with van der Waals surface area (Å²) < 4.78 is 0. The quantitative estimate of drug-likeness (QED) is 0.686. The zero-order valence-corrected chi connectivity index (χ0v) is 19.8. The molecule has 1 N–H and O–H groups in total. The molecule has 0 bridgehead atoms. The minimum absolute atomic E-state index is 0.000665. The maximum Gasteiger partial charge on any atom is 0.256 e. The van der Waals surface area contributed by atoms with Crippen LogP contribution >= 0.6 is 23.2 Å². The first-order valence-electron chi connectivity index (χ1n) is 10.5. The van der Waals surface area contributed by atoms with Crippen molar-refractivity contribution in [1.29, 1.82) is 0 Å². The van der Waals surface area contributed by atoms with Crippen LogP contribution in [0.5, 0.6) is 0 Å². The summed E-state index contributed by atoms with van der Waals surface area (Å²) in [5.74, 6) is -0.524. The number of hydrogen-bond donors (Lipinski definition) is 1. The van der Waals surface area contributed by atoms with Gasteiger partial charge in [-0.05, 0) is 46.9 Å². The average Bonchev–Trinajstić information content (AvgIpc) is 2.80. The van der Waals surface area contributed by atoms with E-state index >= 15 is 0 Å². The van der Waals surface area contributed by atoms with Gasteiger partial charge in [0.2, 0.25) is 11.8 Å². The van der Waals surface area contributed by atoms with Gasteiger partial charge in [0.25, 0.3) is 5.91 Å². The number of benzene rings is 2. The fourth-order valence-electron chi connectivity index (χ4n) is 4.14. The van der Waals surface area contributed by atoms with Crippen molar-refractivity contribution in [2.45, 2.75) is 33.2 Å². The van der Waals surface area contributed by atoms with Crippen LogP contribution in [-0.2, 0) is 9.59 Å². The number of anilines is 1. The fraction of sp³-hybridized carbons (Fsp3) is 0.375. The molecule has 6 nitrogen and oxygen atoms in total. The second-order valence-electron chi connectivity index (χ2n) is 9.50. The van der Waals surface area contributed by atoms with Gasteiger partial charge in [0, 0.05) is 29.6 Å². The van der Waals surface area contributed by atoms with E-state index in [0.29, 0.717) is 40.8 Å². The number of hydrogen-bond acceptors (Lipinski definition) is 3. The molecule has 0 radical (unpaired) electrons. The van der Waals surface area contributed by atoms with Crippen LogP contribution in [0.15, 0.2) is 36.4 Å². The standard InChI is InChI=1S/C24H25Cl2N3O3/c1-24(2,3)12-21(30)28-6-7-29-20(13-28)22(31)27-19-5-4-14(10-18(19)23(29)32)15-8-16(25)11-17(26)9-15/h4-5,8-11,20H,6-7,12-13H2,1-3H3,(H,27,31). The van der Waals surface area contributed by atoms with Crippen molar-refractivity contribution in [1.82, 2.24) is 9.80 Å². The van der Waals surface area contributed by atoms with Gasteiger partial charge in [0.05, 0.1) is 17.8 Å². The smallest absolute Gasteiger partial charge is 0.256 e. The number of carbonyl (C=O) groups is 3. The summed E-state index contributed by atoms with van der Waals surface area (Å²) in [5, 5.41) is 3.87. The van der Waals surface area contributed by atoms with Gasteiger partial charge < -0.3 is 15.1 Å². The highest BCUT2D eigenvalue weighted by molar-refractivity contribution is 6.35. The lowest BCUT2D eigenvalue weighted by atomic mass is 9.91. The average molecular weight is 474 g/mol. The third kappa shape index (κ3) is 4.62. The predicted octanol–water partition coefficient (Wildman–Crippen LogP) is 4.70. The minimum Gasteiger partial charge on any atom is -0.338 e. The van der Waals surface area contributed by atoms with Crippen LogP contribution in [-0.4, -0.2) is 53.2 Å². The predicted molar refractivity (Wildman–Crippen MR) is 126 cm³/mol. The highest BCUT2D eigenvalue weighted by Gasteiger charge is 2.40. The Labute approximate surface area is 197 Å². The summed E-state index contributed by atoms with van der Waals surface area (Å²) in [6.45, 7) is 6.92. The first-order chi connectivity index (χ1) is 15.0. The Kier molecular flexibility index (Phi) is 5.94. The summed E-state index contributed by atoms with van der Waals surface area (Å²) in [6.07, 6.45) is 0.390. The number of piperazine rings is 1. The van der Waals surface area contributed by atoms with Crippen LogP contribution in [0, 0.1) is 5.41 Å². The van der Waals surface area contributed by atoms with Crippen molar-refractivity contribution in [3.8, 4) is 11.1 Å². The van der Waals surface area contributed by atoms with E-state index in [4.69, 9.17) is 23.2 Å². The topological polar surface area (TPSA) is 69.7 Å². The molecule has 1 unspecified atom stereocenters. The number of fused-ring (bicyclic) bond motifs is 2. The van der Waals surface area contributed by atoms with Crippen LogP contribution in [0.1, 0.15) is 37.6 Å². The number of carbonyl (C=O) groups excluding carboxylic acids is 3. The molecule has 1 saturated heterocycles. The van der Waals surface area contributed by atoms with Gasteiger partial charge in [-0.25, -0.2) is 0 Å². The lowest BCUT2D eigenvalue weighted by molar-refractivity contribution is -0.137. The SMILES string of the molecule is CC(C)(C)CC(=O)N1CCN2C(=O)c3cc(-c4cc(Cl)cc(Cl)c4)ccc3NC(=O)C2C1. The molecule has 3 amide bonds. The summed E-state index contributed by atoms with van der Waals surface area (Å²) in [6, 6.07) is 9.76. The van der Waals surface area contributed by atoms with E-state index in [2.05, 4.69) is 5.32 Å². The van der Waals surface area contributed by atoms with Crippen LogP contribution in [0.3, 0.4) is 0 Å². The molecule has 168 valence electrons. The minimum atomic E-state index is -0.725. The van der Waals surface area contributed by atoms with Crippen LogP contribution in [0.25, 0.3) is 11.1 Å². The number of amides is 3. The molecule has 4 rings (SSSR count). The van der Waals surface area contributed by atoms with Crippen molar-refractivity contribution in [2.24, 2.45) is 5.41 Å². The van der Waals surface area contributed by atoms with E-state index in [9.17, 15) is 14.4 Å². The van der Waals surface area contributed by atoms with Gasteiger partial charge in [-0.15, -0.1) is 0 Å². The molecule has 2 aromatic rings. The number of rotatable bonds is 2. The second-order valence-corrected chi connectivity index (χ2v) is 10.4. The van der Waals surface area contributed by atoms with Crippen LogP contribution in [0.2, 0.25) is 10.0 Å². The molecule has 0 aromatic heterocycles. The lowest BCUT2D eigenvalue weighted by Crippen LogP contribution is -2.59. The second kappa shape index (κ2) is 8.41. The highest BCUT2D eigenvalue weighted by Crippen LogP contribution is 2.33. The van der Waals surface area contributed by atoms with Gasteiger partial charge in [0.1, 0.15) is 6.04 Å². The largest absolute Gasteiger partial charge is 0.338 e. The van der Waals surface area contributed by atoms with Gasteiger partial charge in [-0.2, -0.15) is 0 Å². The van der Waals surface area contributed by atoms with Crippen molar-refractivity contribution < 1.29 is 14.4 Å². The number of nitrogens with one attached hydrogen (secondary N) is 1. The molecule has 0 spiro atoms. The zero-order chi connectivity index (χ0) is 23.2. The van der Waals surface area contributed by atoms with Crippen LogP contribution < -0.4 is 5.32 Å². The summed E-state index contributed by atoms with van der Waals surface area (Å²) in [5.41, 5.74) is 2.27. The molecular weight excluding hydrogens is 449 g/mol.